The Morgan fingerprint density at radius 3 is 2.58 bits per heavy atom. The molecule has 1 aromatic rings. The maximum absolute atomic E-state index is 9.09. The van der Waals surface area contributed by atoms with Crippen molar-refractivity contribution in [2.45, 2.75) is 11.7 Å². The topological polar surface area (TPSA) is 20.2 Å². The van der Waals surface area contributed by atoms with Crippen LogP contribution in [0.25, 0.3) is 0 Å². The molecule has 1 aromatic carbocycles. The zero-order valence-electron chi connectivity index (χ0n) is 6.56. The van der Waals surface area contributed by atoms with E-state index in [4.69, 9.17) is 5.11 Å². The maximum atomic E-state index is 9.09. The van der Waals surface area contributed by atoms with E-state index in [0.29, 0.717) is 11.0 Å². The average Bonchev–Trinajstić information content (AvgIpc) is 2.58. The van der Waals surface area contributed by atoms with Gasteiger partial charge in [-0.3, -0.25) is 0 Å². The Balaban J connectivity index is 2.17. The van der Waals surface area contributed by atoms with Crippen molar-refractivity contribution in [2.75, 3.05) is 5.75 Å². The first-order chi connectivity index (χ1) is 5.86. The second-order valence-electron chi connectivity index (χ2n) is 2.79. The molecule has 1 heterocycles. The Kier molecular flexibility index (Phi) is 2.51. The molecule has 1 fully saturated rings. The Morgan fingerprint density at radius 1 is 1.25 bits per heavy atom. The minimum absolute atomic E-state index is 0.356. The van der Waals surface area contributed by atoms with Crippen molar-refractivity contribution in [3.05, 3.63) is 29.8 Å². The lowest BCUT2D eigenvalue weighted by atomic mass is 10.1. The Morgan fingerprint density at radius 2 is 2.00 bits per heavy atom. The molecule has 1 unspecified atom stereocenters. The average molecular weight is 198 g/mol. The van der Waals surface area contributed by atoms with Gasteiger partial charge in [-0.15, -0.1) is 0 Å². The third-order valence-electron chi connectivity index (χ3n) is 1.91. The van der Waals surface area contributed by atoms with E-state index in [1.807, 2.05) is 33.7 Å². The Hall–Kier alpha value is -0.280. The molecule has 1 atom stereocenters. The van der Waals surface area contributed by atoms with Crippen LogP contribution in [0.2, 0.25) is 0 Å². The van der Waals surface area contributed by atoms with Crippen LogP contribution in [0.1, 0.15) is 17.2 Å². The normalized spacial score (nSPS) is 22.8. The van der Waals surface area contributed by atoms with Gasteiger partial charge in [-0.25, -0.2) is 0 Å². The molecular formula is C9H10OS2. The highest BCUT2D eigenvalue weighted by Crippen LogP contribution is 2.47. The maximum Gasteiger partial charge on any atom is 0.115 e. The van der Waals surface area contributed by atoms with Gasteiger partial charge in [0.05, 0.1) is 0 Å². The number of hydrogen-bond donors (Lipinski definition) is 1. The van der Waals surface area contributed by atoms with E-state index in [0.717, 1.165) is 0 Å². The summed E-state index contributed by atoms with van der Waals surface area (Å²) in [7, 11) is 3.87. The van der Waals surface area contributed by atoms with Crippen LogP contribution in [0.4, 0.5) is 0 Å². The largest absolute Gasteiger partial charge is 0.508 e. The molecule has 0 amide bonds. The van der Waals surface area contributed by atoms with Gasteiger partial charge in [-0.1, -0.05) is 33.7 Å². The zero-order valence-corrected chi connectivity index (χ0v) is 8.20. The second kappa shape index (κ2) is 3.62. The first kappa shape index (κ1) is 8.32. The van der Waals surface area contributed by atoms with Gasteiger partial charge in [0, 0.05) is 11.0 Å². The van der Waals surface area contributed by atoms with Crippen molar-refractivity contribution in [3.8, 4) is 5.75 Å². The van der Waals surface area contributed by atoms with E-state index in [2.05, 4.69) is 0 Å². The van der Waals surface area contributed by atoms with Crippen molar-refractivity contribution in [3.63, 3.8) is 0 Å². The molecule has 2 rings (SSSR count). The molecule has 0 radical (unpaired) electrons. The quantitative estimate of drug-likeness (QED) is 0.700. The summed E-state index contributed by atoms with van der Waals surface area (Å²) in [5, 5.41) is 9.72. The molecule has 3 heteroatoms. The molecule has 0 bridgehead atoms. The second-order valence-corrected chi connectivity index (χ2v) is 5.48. The van der Waals surface area contributed by atoms with E-state index >= 15 is 0 Å². The van der Waals surface area contributed by atoms with Gasteiger partial charge in [0.25, 0.3) is 0 Å². The van der Waals surface area contributed by atoms with E-state index in [1.54, 1.807) is 12.1 Å². The highest BCUT2D eigenvalue weighted by molar-refractivity contribution is 8.77. The van der Waals surface area contributed by atoms with E-state index in [-0.39, 0.29) is 0 Å². The van der Waals surface area contributed by atoms with Crippen molar-refractivity contribution in [2.24, 2.45) is 0 Å². The van der Waals surface area contributed by atoms with Crippen LogP contribution in [-0.2, 0) is 0 Å². The van der Waals surface area contributed by atoms with Gasteiger partial charge in [0.1, 0.15) is 5.75 Å². The lowest BCUT2D eigenvalue weighted by molar-refractivity contribution is 0.475. The summed E-state index contributed by atoms with van der Waals surface area (Å²) in [5.41, 5.74) is 1.34. The minimum Gasteiger partial charge on any atom is -0.508 e. The summed E-state index contributed by atoms with van der Waals surface area (Å²) in [6.07, 6.45) is 1.25. The lowest BCUT2D eigenvalue weighted by Gasteiger charge is -2.06. The number of benzene rings is 1. The molecule has 1 nitrogen and oxygen atoms in total. The number of aromatic hydroxyl groups is 1. The Labute approximate surface area is 80.0 Å². The predicted molar refractivity (Wildman–Crippen MR) is 55.5 cm³/mol. The predicted octanol–water partition coefficient (Wildman–Crippen LogP) is 3.22. The molecule has 64 valence electrons. The number of rotatable bonds is 1. The molecule has 0 saturated carbocycles. The molecule has 0 spiro atoms. The number of phenols is 1. The van der Waals surface area contributed by atoms with Crippen LogP contribution in [0.3, 0.4) is 0 Å². The van der Waals surface area contributed by atoms with Crippen LogP contribution in [0, 0.1) is 0 Å². The van der Waals surface area contributed by atoms with Crippen molar-refractivity contribution >= 4 is 21.6 Å². The molecule has 1 aliphatic rings. The fourth-order valence-electron chi connectivity index (χ4n) is 1.24. The van der Waals surface area contributed by atoms with Crippen LogP contribution in [0.5, 0.6) is 5.75 Å². The number of phenolic OH excluding ortho intramolecular Hbond substituents is 1. The monoisotopic (exact) mass is 198 g/mol. The van der Waals surface area contributed by atoms with Gasteiger partial charge in [0.15, 0.2) is 0 Å². The first-order valence-electron chi connectivity index (χ1n) is 3.93. The summed E-state index contributed by atoms with van der Waals surface area (Å²) >= 11 is 0. The minimum atomic E-state index is 0.356. The third-order valence-corrected chi connectivity index (χ3v) is 4.80. The smallest absolute Gasteiger partial charge is 0.115 e. The van der Waals surface area contributed by atoms with Crippen LogP contribution >= 0.6 is 21.6 Å². The van der Waals surface area contributed by atoms with Crippen molar-refractivity contribution in [1.29, 1.82) is 0 Å². The Bertz CT molecular complexity index is 252. The zero-order chi connectivity index (χ0) is 8.39. The van der Waals surface area contributed by atoms with Gasteiger partial charge in [-0.2, -0.15) is 0 Å². The molecule has 0 aromatic heterocycles. The first-order valence-corrected chi connectivity index (χ1v) is 6.32. The lowest BCUT2D eigenvalue weighted by Crippen LogP contribution is -1.87. The molecular weight excluding hydrogens is 188 g/mol. The highest BCUT2D eigenvalue weighted by atomic mass is 33.1. The van der Waals surface area contributed by atoms with Crippen LogP contribution in [0.15, 0.2) is 24.3 Å². The third kappa shape index (κ3) is 1.72. The molecule has 12 heavy (non-hydrogen) atoms. The van der Waals surface area contributed by atoms with E-state index < -0.39 is 0 Å². The van der Waals surface area contributed by atoms with Gasteiger partial charge in [-0.05, 0) is 24.1 Å². The van der Waals surface area contributed by atoms with E-state index in [9.17, 15) is 0 Å². The fourth-order valence-corrected chi connectivity index (χ4v) is 4.16. The summed E-state index contributed by atoms with van der Waals surface area (Å²) in [6.45, 7) is 0. The molecule has 1 saturated heterocycles. The van der Waals surface area contributed by atoms with Crippen molar-refractivity contribution < 1.29 is 5.11 Å². The highest BCUT2D eigenvalue weighted by Gasteiger charge is 2.17. The van der Waals surface area contributed by atoms with Gasteiger partial charge in [0.2, 0.25) is 0 Å². The van der Waals surface area contributed by atoms with Crippen LogP contribution in [-0.4, -0.2) is 10.9 Å². The summed E-state index contributed by atoms with van der Waals surface area (Å²) in [4.78, 5) is 0. The standard InChI is InChI=1S/C9H10OS2/c10-8-3-1-7(2-4-8)9-5-6-11-12-9/h1-4,9-10H,5-6H2. The van der Waals surface area contributed by atoms with Crippen molar-refractivity contribution in [1.82, 2.24) is 0 Å². The van der Waals surface area contributed by atoms with Crippen LogP contribution < -0.4 is 0 Å². The molecule has 1 aliphatic heterocycles. The summed E-state index contributed by atoms with van der Waals surface area (Å²) in [6, 6.07) is 7.55. The molecule has 1 N–H and O–H groups in total. The fraction of sp³-hybridized carbons (Fsp3) is 0.333. The summed E-state index contributed by atoms with van der Waals surface area (Å²) in [5.74, 6) is 1.60. The summed E-state index contributed by atoms with van der Waals surface area (Å²) < 4.78 is 0. The van der Waals surface area contributed by atoms with Gasteiger partial charge < -0.3 is 5.11 Å². The van der Waals surface area contributed by atoms with Gasteiger partial charge >= 0.3 is 0 Å². The SMILES string of the molecule is Oc1ccc(C2CCSS2)cc1. The molecule has 0 aliphatic carbocycles. The number of hydrogen-bond acceptors (Lipinski definition) is 3. The van der Waals surface area contributed by atoms with E-state index in [1.165, 1.54) is 17.7 Å².